The average molecular weight is 246 g/mol. The normalized spacial score (nSPS) is 18.4. The predicted molar refractivity (Wildman–Crippen MR) is 68.0 cm³/mol. The van der Waals surface area contributed by atoms with Crippen LogP contribution < -0.4 is 0 Å². The molecule has 0 aliphatic heterocycles. The molecule has 1 saturated carbocycles. The number of ether oxygens (including phenoxy) is 1. The van der Waals surface area contributed by atoms with Crippen molar-refractivity contribution in [3.05, 3.63) is 35.9 Å². The van der Waals surface area contributed by atoms with Gasteiger partial charge in [-0.3, -0.25) is 9.59 Å². The van der Waals surface area contributed by atoms with Gasteiger partial charge in [0, 0.05) is 19.3 Å². The first-order valence-electron chi connectivity index (χ1n) is 6.45. The van der Waals surface area contributed by atoms with E-state index >= 15 is 0 Å². The fourth-order valence-electron chi connectivity index (χ4n) is 2.41. The van der Waals surface area contributed by atoms with Crippen molar-refractivity contribution in [2.24, 2.45) is 0 Å². The Balaban J connectivity index is 2.28. The van der Waals surface area contributed by atoms with E-state index in [0.717, 1.165) is 5.56 Å². The highest BCUT2D eigenvalue weighted by Gasteiger charge is 2.39. The number of rotatable bonds is 3. The van der Waals surface area contributed by atoms with Crippen LogP contribution in [0.15, 0.2) is 30.3 Å². The third kappa shape index (κ3) is 2.61. The molecule has 0 amide bonds. The van der Waals surface area contributed by atoms with E-state index in [1.165, 1.54) is 0 Å². The van der Waals surface area contributed by atoms with Gasteiger partial charge in [0.15, 0.2) is 0 Å². The molecule has 0 aromatic heterocycles. The molecule has 0 atom stereocenters. The largest absolute Gasteiger partial charge is 0.454 e. The highest BCUT2D eigenvalue weighted by molar-refractivity contribution is 5.80. The van der Waals surface area contributed by atoms with Gasteiger partial charge in [-0.25, -0.2) is 0 Å². The van der Waals surface area contributed by atoms with Crippen molar-refractivity contribution >= 4 is 11.8 Å². The Labute approximate surface area is 107 Å². The van der Waals surface area contributed by atoms with E-state index in [0.29, 0.717) is 32.1 Å². The first kappa shape index (κ1) is 12.8. The highest BCUT2D eigenvalue weighted by atomic mass is 16.6. The number of carbonyl (C=O) groups excluding carboxylic acids is 2. The molecule has 1 aliphatic rings. The van der Waals surface area contributed by atoms with Crippen molar-refractivity contribution in [3.63, 3.8) is 0 Å². The number of Topliss-reactive ketones (excluding diaryl/α,β-unsaturated/α-hetero) is 1. The first-order chi connectivity index (χ1) is 8.66. The summed E-state index contributed by atoms with van der Waals surface area (Å²) in [5.41, 5.74) is 0.404. The second kappa shape index (κ2) is 5.34. The fraction of sp³-hybridized carbons (Fsp3) is 0.467. The van der Waals surface area contributed by atoms with E-state index in [-0.39, 0.29) is 11.8 Å². The zero-order valence-corrected chi connectivity index (χ0v) is 10.6. The molecule has 0 unspecified atom stereocenters. The fourth-order valence-corrected chi connectivity index (χ4v) is 2.41. The lowest BCUT2D eigenvalue weighted by atomic mass is 9.79. The minimum atomic E-state index is -0.595. The van der Waals surface area contributed by atoms with Crippen LogP contribution in [0.1, 0.15) is 44.6 Å². The Bertz CT molecular complexity index is 426. The van der Waals surface area contributed by atoms with Crippen LogP contribution in [0, 0.1) is 0 Å². The van der Waals surface area contributed by atoms with Crippen molar-refractivity contribution in [1.82, 2.24) is 0 Å². The molecule has 1 aromatic rings. The quantitative estimate of drug-likeness (QED) is 0.770. The van der Waals surface area contributed by atoms with Gasteiger partial charge in [0.2, 0.25) is 0 Å². The van der Waals surface area contributed by atoms with Gasteiger partial charge in [-0.1, -0.05) is 37.3 Å². The van der Waals surface area contributed by atoms with Crippen LogP contribution in [0.5, 0.6) is 0 Å². The molecular formula is C15H18O3. The summed E-state index contributed by atoms with van der Waals surface area (Å²) in [4.78, 5) is 23.0. The summed E-state index contributed by atoms with van der Waals surface area (Å²) in [6.07, 6.45) is 2.55. The van der Waals surface area contributed by atoms with Crippen LogP contribution in [0.2, 0.25) is 0 Å². The zero-order valence-electron chi connectivity index (χ0n) is 10.6. The number of ketones is 1. The van der Waals surface area contributed by atoms with E-state index < -0.39 is 5.60 Å². The van der Waals surface area contributed by atoms with Crippen LogP contribution >= 0.6 is 0 Å². The molecule has 3 nitrogen and oxygen atoms in total. The van der Waals surface area contributed by atoms with Crippen LogP contribution in [0.25, 0.3) is 0 Å². The SMILES string of the molecule is CCC(=O)OC1(c2ccccc2)CCC(=O)CC1. The summed E-state index contributed by atoms with van der Waals surface area (Å²) in [6.45, 7) is 1.79. The number of hydrogen-bond acceptors (Lipinski definition) is 3. The van der Waals surface area contributed by atoms with Gasteiger partial charge in [0.05, 0.1) is 0 Å². The van der Waals surface area contributed by atoms with Crippen molar-refractivity contribution in [3.8, 4) is 0 Å². The van der Waals surface area contributed by atoms with E-state index in [9.17, 15) is 9.59 Å². The Morgan fingerprint density at radius 1 is 1.22 bits per heavy atom. The Kier molecular flexibility index (Phi) is 3.80. The third-order valence-corrected chi connectivity index (χ3v) is 3.51. The van der Waals surface area contributed by atoms with Crippen LogP contribution in [0.4, 0.5) is 0 Å². The zero-order chi connectivity index (χ0) is 13.0. The Hall–Kier alpha value is -1.64. The number of hydrogen-bond donors (Lipinski definition) is 0. The molecular weight excluding hydrogens is 228 g/mol. The second-order valence-corrected chi connectivity index (χ2v) is 4.73. The monoisotopic (exact) mass is 246 g/mol. The van der Waals surface area contributed by atoms with Gasteiger partial charge in [0.25, 0.3) is 0 Å². The van der Waals surface area contributed by atoms with Gasteiger partial charge >= 0.3 is 5.97 Å². The van der Waals surface area contributed by atoms with Crippen LogP contribution in [0.3, 0.4) is 0 Å². The molecule has 0 N–H and O–H groups in total. The number of esters is 1. The van der Waals surface area contributed by atoms with Gasteiger partial charge in [-0.2, -0.15) is 0 Å². The minimum Gasteiger partial charge on any atom is -0.454 e. The van der Waals surface area contributed by atoms with E-state index in [2.05, 4.69) is 0 Å². The summed E-state index contributed by atoms with van der Waals surface area (Å²) in [5.74, 6) is 0.0577. The molecule has 0 bridgehead atoms. The minimum absolute atomic E-state index is 0.201. The third-order valence-electron chi connectivity index (χ3n) is 3.51. The van der Waals surface area contributed by atoms with Crippen molar-refractivity contribution in [1.29, 1.82) is 0 Å². The van der Waals surface area contributed by atoms with Crippen molar-refractivity contribution < 1.29 is 14.3 Å². The maximum atomic E-state index is 11.6. The van der Waals surface area contributed by atoms with Crippen LogP contribution in [-0.2, 0) is 19.9 Å². The molecule has 0 spiro atoms. The van der Waals surface area contributed by atoms with Crippen molar-refractivity contribution in [2.75, 3.05) is 0 Å². The standard InChI is InChI=1S/C15H18O3/c1-2-14(17)18-15(10-8-13(16)9-11-15)12-6-4-3-5-7-12/h3-7H,2,8-11H2,1H3. The summed E-state index contributed by atoms with van der Waals surface area (Å²) in [7, 11) is 0. The lowest BCUT2D eigenvalue weighted by Gasteiger charge is -2.36. The Morgan fingerprint density at radius 2 is 1.83 bits per heavy atom. The topological polar surface area (TPSA) is 43.4 Å². The Morgan fingerprint density at radius 3 is 2.39 bits per heavy atom. The molecule has 96 valence electrons. The van der Waals surface area contributed by atoms with Gasteiger partial charge in [-0.05, 0) is 18.4 Å². The molecule has 1 aromatic carbocycles. The second-order valence-electron chi connectivity index (χ2n) is 4.73. The summed E-state index contributed by atoms with van der Waals surface area (Å²) >= 11 is 0. The molecule has 1 fully saturated rings. The molecule has 3 heteroatoms. The maximum Gasteiger partial charge on any atom is 0.306 e. The summed E-state index contributed by atoms with van der Waals surface area (Å²) < 4.78 is 5.67. The number of benzene rings is 1. The lowest BCUT2D eigenvalue weighted by Crippen LogP contribution is -2.36. The molecule has 0 saturated heterocycles. The van der Waals surface area contributed by atoms with E-state index in [4.69, 9.17) is 4.74 Å². The maximum absolute atomic E-state index is 11.6. The predicted octanol–water partition coefficient (Wildman–Crippen LogP) is 2.98. The first-order valence-corrected chi connectivity index (χ1v) is 6.45. The highest BCUT2D eigenvalue weighted by Crippen LogP contribution is 2.39. The molecule has 2 rings (SSSR count). The smallest absolute Gasteiger partial charge is 0.306 e. The average Bonchev–Trinajstić information content (AvgIpc) is 2.42. The van der Waals surface area contributed by atoms with E-state index in [1.807, 2.05) is 30.3 Å². The molecule has 0 radical (unpaired) electrons. The van der Waals surface area contributed by atoms with Crippen molar-refractivity contribution in [2.45, 2.75) is 44.6 Å². The summed E-state index contributed by atoms with van der Waals surface area (Å²) in [5, 5.41) is 0. The van der Waals surface area contributed by atoms with Crippen LogP contribution in [-0.4, -0.2) is 11.8 Å². The number of carbonyl (C=O) groups is 2. The molecule has 1 aliphatic carbocycles. The molecule has 18 heavy (non-hydrogen) atoms. The van der Waals surface area contributed by atoms with Gasteiger partial charge in [0.1, 0.15) is 11.4 Å². The molecule has 0 heterocycles. The van der Waals surface area contributed by atoms with Gasteiger partial charge in [-0.15, -0.1) is 0 Å². The van der Waals surface area contributed by atoms with Gasteiger partial charge < -0.3 is 4.74 Å². The summed E-state index contributed by atoms with van der Waals surface area (Å²) in [6, 6.07) is 9.75. The van der Waals surface area contributed by atoms with E-state index in [1.54, 1.807) is 6.92 Å². The lowest BCUT2D eigenvalue weighted by molar-refractivity contribution is -0.166.